The van der Waals surface area contributed by atoms with Crippen LogP contribution in [-0.4, -0.2) is 50.5 Å². The number of nitro groups is 1. The first-order valence-corrected chi connectivity index (χ1v) is 10.5. The van der Waals surface area contributed by atoms with Gasteiger partial charge in [-0.25, -0.2) is 0 Å². The van der Waals surface area contributed by atoms with Crippen molar-refractivity contribution in [3.8, 4) is 0 Å². The molecule has 8 nitrogen and oxygen atoms in total. The number of hydrogen-bond acceptors (Lipinski definition) is 7. The minimum atomic E-state index is -4.70. The van der Waals surface area contributed by atoms with Gasteiger partial charge in [0.25, 0.3) is 17.5 Å². The largest absolute Gasteiger partial charge is 0.461 e. The minimum absolute atomic E-state index is 0.0887. The van der Waals surface area contributed by atoms with Gasteiger partial charge in [-0.3, -0.25) is 29.4 Å². The third kappa shape index (κ3) is 4.85. The van der Waals surface area contributed by atoms with E-state index in [0.717, 1.165) is 18.2 Å². The summed E-state index contributed by atoms with van der Waals surface area (Å²) in [5.74, 6) is -2.41. The fraction of sp³-hybridized carbons (Fsp3) is 0.286. The van der Waals surface area contributed by atoms with Crippen LogP contribution in [0.15, 0.2) is 54.7 Å². The number of imide groups is 1. The zero-order valence-electron chi connectivity index (χ0n) is 17.1. The topological polar surface area (TPSA) is 107 Å². The summed E-state index contributed by atoms with van der Waals surface area (Å²) in [6.07, 6.45) is 7.77. The van der Waals surface area contributed by atoms with Crippen LogP contribution in [0.25, 0.3) is 0 Å². The number of halogens is 3. The summed E-state index contributed by atoms with van der Waals surface area (Å²) < 4.78 is 45.0. The standard InChI is InChI=1S/C21H17F3N2O6S/c1-2-17(27)32-11-5-10-20(9-4-3-6-16(20)33-21(22,23)24)25-18(28)14-8-7-13(26(30)31)12-15(14)19(25)29/h3-10,12,16H,2,11H2,1H3. The van der Waals surface area contributed by atoms with Crippen molar-refractivity contribution in [3.63, 3.8) is 0 Å². The zero-order chi connectivity index (χ0) is 24.4. The molecule has 0 aromatic heterocycles. The number of nitro benzene ring substituents is 1. The van der Waals surface area contributed by atoms with E-state index in [1.165, 1.54) is 36.5 Å². The number of alkyl halides is 3. The lowest BCUT2D eigenvalue weighted by molar-refractivity contribution is -0.384. The Balaban J connectivity index is 2.08. The highest BCUT2D eigenvalue weighted by atomic mass is 32.2. The van der Waals surface area contributed by atoms with Crippen LogP contribution < -0.4 is 0 Å². The SMILES string of the molecule is CCC(=O)OCC=CC1(N2C(=O)c3ccc([N+](=O)[O-])cc3C2=O)C=CC=CC1SC(F)(F)F. The van der Waals surface area contributed by atoms with Gasteiger partial charge >= 0.3 is 11.5 Å². The lowest BCUT2D eigenvalue weighted by atomic mass is 9.88. The molecule has 1 aromatic rings. The summed E-state index contributed by atoms with van der Waals surface area (Å²) >= 11 is -0.420. The van der Waals surface area contributed by atoms with Gasteiger partial charge in [0.2, 0.25) is 0 Å². The van der Waals surface area contributed by atoms with Crippen molar-refractivity contribution in [3.05, 3.63) is 75.9 Å². The first-order valence-electron chi connectivity index (χ1n) is 9.61. The first-order chi connectivity index (χ1) is 15.5. The maximum atomic E-state index is 13.4. The van der Waals surface area contributed by atoms with Crippen LogP contribution in [0.3, 0.4) is 0 Å². The Bertz CT molecular complexity index is 1100. The number of carbonyl (C=O) groups is 3. The predicted molar refractivity (Wildman–Crippen MR) is 112 cm³/mol. The number of ether oxygens (including phenoxy) is 1. The molecule has 0 saturated heterocycles. The molecule has 0 N–H and O–H groups in total. The Kier molecular flexibility index (Phi) is 6.77. The van der Waals surface area contributed by atoms with Crippen molar-refractivity contribution in [1.29, 1.82) is 0 Å². The number of hydrogen-bond donors (Lipinski definition) is 0. The van der Waals surface area contributed by atoms with Crippen LogP contribution >= 0.6 is 11.8 Å². The van der Waals surface area contributed by atoms with Crippen LogP contribution in [0, 0.1) is 10.1 Å². The second kappa shape index (κ2) is 9.22. The van der Waals surface area contributed by atoms with Gasteiger partial charge in [0.05, 0.1) is 21.3 Å². The number of esters is 1. The van der Waals surface area contributed by atoms with E-state index < -0.39 is 56.5 Å². The van der Waals surface area contributed by atoms with Crippen molar-refractivity contribution in [2.45, 2.75) is 29.6 Å². The average Bonchev–Trinajstić information content (AvgIpc) is 3.01. The molecule has 0 saturated carbocycles. The van der Waals surface area contributed by atoms with Crippen molar-refractivity contribution in [2.24, 2.45) is 0 Å². The number of amides is 2. The summed E-state index contributed by atoms with van der Waals surface area (Å²) in [6.45, 7) is 1.28. The van der Waals surface area contributed by atoms with Crippen molar-refractivity contribution in [2.75, 3.05) is 6.61 Å². The number of benzene rings is 1. The Morgan fingerprint density at radius 2 is 1.97 bits per heavy atom. The normalized spacial score (nSPS) is 22.2. The quantitative estimate of drug-likeness (QED) is 0.189. The molecule has 2 unspecified atom stereocenters. The van der Waals surface area contributed by atoms with Crippen LogP contribution in [-0.2, 0) is 9.53 Å². The molecule has 0 radical (unpaired) electrons. The molecule has 3 rings (SSSR count). The van der Waals surface area contributed by atoms with Gasteiger partial charge in [0, 0.05) is 18.6 Å². The van der Waals surface area contributed by atoms with Gasteiger partial charge in [-0.2, -0.15) is 13.2 Å². The molecular formula is C21H17F3N2O6S. The number of carbonyl (C=O) groups excluding carboxylic acids is 3. The molecule has 1 heterocycles. The molecule has 174 valence electrons. The van der Waals surface area contributed by atoms with Gasteiger partial charge in [-0.1, -0.05) is 37.3 Å². The van der Waals surface area contributed by atoms with Crippen molar-refractivity contribution in [1.82, 2.24) is 4.90 Å². The summed E-state index contributed by atoms with van der Waals surface area (Å²) in [5.41, 5.74) is -7.48. The average molecular weight is 482 g/mol. The number of nitrogens with zero attached hydrogens (tertiary/aromatic N) is 2. The highest BCUT2D eigenvalue weighted by molar-refractivity contribution is 8.01. The van der Waals surface area contributed by atoms with E-state index in [0.29, 0.717) is 4.90 Å². The van der Waals surface area contributed by atoms with Gasteiger partial charge < -0.3 is 4.74 Å². The zero-order valence-corrected chi connectivity index (χ0v) is 17.9. The lowest BCUT2D eigenvalue weighted by Gasteiger charge is -2.42. The minimum Gasteiger partial charge on any atom is -0.461 e. The Labute approximate surface area is 189 Å². The van der Waals surface area contributed by atoms with E-state index in [-0.39, 0.29) is 24.2 Å². The molecule has 0 fully saturated rings. The molecule has 1 aromatic carbocycles. The number of rotatable bonds is 7. The summed E-state index contributed by atoms with van der Waals surface area (Å²) in [6, 6.07) is 3.06. The van der Waals surface area contributed by atoms with Gasteiger partial charge in [-0.05, 0) is 23.9 Å². The number of fused-ring (bicyclic) bond motifs is 1. The first kappa shape index (κ1) is 24.2. The highest BCUT2D eigenvalue weighted by Crippen LogP contribution is 2.46. The fourth-order valence-electron chi connectivity index (χ4n) is 3.50. The third-order valence-electron chi connectivity index (χ3n) is 4.96. The summed E-state index contributed by atoms with van der Waals surface area (Å²) in [7, 11) is 0. The van der Waals surface area contributed by atoms with Crippen molar-refractivity contribution >= 4 is 35.2 Å². The molecular weight excluding hydrogens is 465 g/mol. The molecule has 1 aliphatic heterocycles. The van der Waals surface area contributed by atoms with Gasteiger partial charge in [-0.15, -0.1) is 0 Å². The smallest absolute Gasteiger partial charge is 0.442 e. The molecule has 12 heteroatoms. The molecule has 2 aliphatic rings. The van der Waals surface area contributed by atoms with E-state index in [1.807, 2.05) is 0 Å². The fourth-order valence-corrected chi connectivity index (χ4v) is 4.41. The predicted octanol–water partition coefficient (Wildman–Crippen LogP) is 4.19. The molecule has 2 amide bonds. The molecule has 33 heavy (non-hydrogen) atoms. The molecule has 2 atom stereocenters. The van der Waals surface area contributed by atoms with E-state index >= 15 is 0 Å². The Hall–Kier alpha value is -3.41. The van der Waals surface area contributed by atoms with Crippen LogP contribution in [0.5, 0.6) is 0 Å². The van der Waals surface area contributed by atoms with E-state index in [9.17, 15) is 37.7 Å². The highest BCUT2D eigenvalue weighted by Gasteiger charge is 2.53. The second-order valence-electron chi connectivity index (χ2n) is 6.99. The molecule has 1 aliphatic carbocycles. The lowest BCUT2D eigenvalue weighted by Crippen LogP contribution is -2.56. The Morgan fingerprint density at radius 1 is 1.27 bits per heavy atom. The number of thioether (sulfide) groups is 1. The third-order valence-corrected chi connectivity index (χ3v) is 6.01. The summed E-state index contributed by atoms with van der Waals surface area (Å²) in [4.78, 5) is 48.7. The maximum Gasteiger partial charge on any atom is 0.442 e. The van der Waals surface area contributed by atoms with Crippen molar-refractivity contribution < 1.29 is 37.2 Å². The molecule has 0 bridgehead atoms. The second-order valence-corrected chi connectivity index (χ2v) is 8.19. The monoisotopic (exact) mass is 482 g/mol. The summed E-state index contributed by atoms with van der Waals surface area (Å²) in [5, 5.41) is 9.63. The molecule has 0 spiro atoms. The maximum absolute atomic E-state index is 13.4. The van der Waals surface area contributed by atoms with Gasteiger partial charge in [0.1, 0.15) is 12.1 Å². The van der Waals surface area contributed by atoms with E-state index in [4.69, 9.17) is 4.74 Å². The van der Waals surface area contributed by atoms with E-state index in [1.54, 1.807) is 6.92 Å². The van der Waals surface area contributed by atoms with Crippen LogP contribution in [0.4, 0.5) is 18.9 Å². The van der Waals surface area contributed by atoms with Crippen LogP contribution in [0.2, 0.25) is 0 Å². The van der Waals surface area contributed by atoms with Crippen LogP contribution in [0.1, 0.15) is 34.1 Å². The Morgan fingerprint density at radius 3 is 2.61 bits per heavy atom. The van der Waals surface area contributed by atoms with E-state index in [2.05, 4.69) is 0 Å². The number of non-ortho nitro benzene ring substituents is 1. The number of allylic oxidation sites excluding steroid dienone is 2. The van der Waals surface area contributed by atoms with Gasteiger partial charge in [0.15, 0.2) is 0 Å².